The van der Waals surface area contributed by atoms with Gasteiger partial charge in [0, 0.05) is 11.1 Å². The maximum atomic E-state index is 3.43. The highest BCUT2D eigenvalue weighted by Gasteiger charge is 2.26. The Balaban J connectivity index is 4.15. The number of hydrogen-bond acceptors (Lipinski definition) is 2. The molecule has 0 aliphatic rings. The van der Waals surface area contributed by atoms with Crippen molar-refractivity contribution in [1.29, 1.82) is 0 Å². The molecule has 0 heterocycles. The summed E-state index contributed by atoms with van der Waals surface area (Å²) in [7, 11) is 4.12. The molecule has 0 aliphatic carbocycles. The van der Waals surface area contributed by atoms with Crippen molar-refractivity contribution in [1.82, 2.24) is 10.6 Å². The lowest BCUT2D eigenvalue weighted by Crippen LogP contribution is -2.45. The van der Waals surface area contributed by atoms with Gasteiger partial charge in [-0.2, -0.15) is 0 Å². The van der Waals surface area contributed by atoms with Crippen molar-refractivity contribution < 1.29 is 0 Å². The molecule has 0 bridgehead atoms. The van der Waals surface area contributed by atoms with E-state index in [0.717, 1.165) is 0 Å². The number of hydrogen-bond donors (Lipinski definition) is 2. The maximum Gasteiger partial charge on any atom is 0.0147 e. The van der Waals surface area contributed by atoms with E-state index in [-0.39, 0.29) is 5.54 Å². The average molecular weight is 214 g/mol. The zero-order chi connectivity index (χ0) is 12.1. The van der Waals surface area contributed by atoms with E-state index in [1.807, 2.05) is 7.05 Å². The summed E-state index contributed by atoms with van der Waals surface area (Å²) in [6.45, 7) is 11.5. The third kappa shape index (κ3) is 4.52. The molecule has 2 N–H and O–H groups in total. The van der Waals surface area contributed by atoms with E-state index in [0.29, 0.717) is 11.5 Å². The standard InChI is InChI=1S/C13H30N2/c1-8-13(5,15-7)10-9-11(2)12(3,4)14-6/h11,14-15H,8-10H2,1-7H3. The van der Waals surface area contributed by atoms with Crippen molar-refractivity contribution in [2.24, 2.45) is 5.92 Å². The largest absolute Gasteiger partial charge is 0.315 e. The van der Waals surface area contributed by atoms with E-state index in [4.69, 9.17) is 0 Å². The van der Waals surface area contributed by atoms with Crippen molar-refractivity contribution in [3.63, 3.8) is 0 Å². The normalized spacial score (nSPS) is 18.6. The first-order chi connectivity index (χ1) is 6.81. The van der Waals surface area contributed by atoms with Crippen molar-refractivity contribution in [2.75, 3.05) is 14.1 Å². The Labute approximate surface area is 96.2 Å². The van der Waals surface area contributed by atoms with Gasteiger partial charge in [0.2, 0.25) is 0 Å². The van der Waals surface area contributed by atoms with Gasteiger partial charge in [0.15, 0.2) is 0 Å². The molecule has 0 aliphatic heterocycles. The fraction of sp³-hybridized carbons (Fsp3) is 1.00. The summed E-state index contributed by atoms with van der Waals surface area (Å²) in [6.07, 6.45) is 3.70. The molecule has 92 valence electrons. The van der Waals surface area contributed by atoms with Crippen LogP contribution in [0.3, 0.4) is 0 Å². The van der Waals surface area contributed by atoms with Gasteiger partial charge in [-0.3, -0.25) is 0 Å². The predicted molar refractivity (Wildman–Crippen MR) is 69.3 cm³/mol. The van der Waals surface area contributed by atoms with Gasteiger partial charge in [-0.05, 0) is 60.0 Å². The fourth-order valence-electron chi connectivity index (χ4n) is 1.62. The summed E-state index contributed by atoms with van der Waals surface area (Å²) in [5.74, 6) is 0.696. The lowest BCUT2D eigenvalue weighted by molar-refractivity contribution is 0.234. The van der Waals surface area contributed by atoms with Crippen LogP contribution in [0.4, 0.5) is 0 Å². The molecule has 0 saturated carbocycles. The molecule has 0 amide bonds. The quantitative estimate of drug-likeness (QED) is 0.681. The lowest BCUT2D eigenvalue weighted by Gasteiger charge is -2.35. The van der Waals surface area contributed by atoms with Gasteiger partial charge >= 0.3 is 0 Å². The second kappa shape index (κ2) is 5.86. The molecule has 0 aromatic rings. The number of rotatable bonds is 7. The molecule has 2 heteroatoms. The highest BCUT2D eigenvalue weighted by atomic mass is 14.9. The molecular formula is C13H30N2. The molecule has 0 aromatic heterocycles. The Bertz CT molecular complexity index is 171. The Morgan fingerprint density at radius 3 is 1.93 bits per heavy atom. The van der Waals surface area contributed by atoms with Crippen LogP contribution in [0.1, 0.15) is 53.9 Å². The monoisotopic (exact) mass is 214 g/mol. The third-order valence-corrected chi connectivity index (χ3v) is 4.39. The van der Waals surface area contributed by atoms with E-state index in [1.54, 1.807) is 0 Å². The summed E-state index contributed by atoms with van der Waals surface area (Å²) in [6, 6.07) is 0. The SMILES string of the molecule is CCC(C)(CCC(C)C(C)(C)NC)NC. The van der Waals surface area contributed by atoms with Crippen LogP contribution in [0.2, 0.25) is 0 Å². The Hall–Kier alpha value is -0.0800. The highest BCUT2D eigenvalue weighted by molar-refractivity contribution is 4.86. The zero-order valence-electron chi connectivity index (χ0n) is 11.7. The Morgan fingerprint density at radius 1 is 1.07 bits per heavy atom. The summed E-state index contributed by atoms with van der Waals surface area (Å²) in [4.78, 5) is 0. The lowest BCUT2D eigenvalue weighted by atomic mass is 9.81. The van der Waals surface area contributed by atoms with Crippen LogP contribution in [0, 0.1) is 5.92 Å². The first kappa shape index (κ1) is 14.9. The van der Waals surface area contributed by atoms with Gasteiger partial charge in [-0.1, -0.05) is 13.8 Å². The minimum absolute atomic E-state index is 0.238. The second-order valence-electron chi connectivity index (χ2n) is 5.58. The molecule has 2 atom stereocenters. The molecule has 15 heavy (non-hydrogen) atoms. The molecular weight excluding hydrogens is 184 g/mol. The van der Waals surface area contributed by atoms with Crippen LogP contribution in [-0.2, 0) is 0 Å². The number of nitrogens with one attached hydrogen (secondary N) is 2. The molecule has 0 spiro atoms. The van der Waals surface area contributed by atoms with Crippen molar-refractivity contribution in [3.8, 4) is 0 Å². The predicted octanol–water partition coefficient (Wildman–Crippen LogP) is 2.79. The Morgan fingerprint density at radius 2 is 1.60 bits per heavy atom. The molecule has 0 aromatic carbocycles. The van der Waals surface area contributed by atoms with Gasteiger partial charge < -0.3 is 10.6 Å². The van der Waals surface area contributed by atoms with Gasteiger partial charge in [0.05, 0.1) is 0 Å². The van der Waals surface area contributed by atoms with Crippen LogP contribution in [0.15, 0.2) is 0 Å². The molecule has 0 saturated heterocycles. The fourth-order valence-corrected chi connectivity index (χ4v) is 1.62. The zero-order valence-corrected chi connectivity index (χ0v) is 11.7. The van der Waals surface area contributed by atoms with Gasteiger partial charge in [0.25, 0.3) is 0 Å². The third-order valence-electron chi connectivity index (χ3n) is 4.39. The maximum absolute atomic E-state index is 3.43. The summed E-state index contributed by atoms with van der Waals surface area (Å²) < 4.78 is 0. The van der Waals surface area contributed by atoms with E-state index in [9.17, 15) is 0 Å². The van der Waals surface area contributed by atoms with E-state index >= 15 is 0 Å². The average Bonchev–Trinajstić information content (AvgIpc) is 2.25. The van der Waals surface area contributed by atoms with E-state index < -0.39 is 0 Å². The summed E-state index contributed by atoms with van der Waals surface area (Å²) in [5.41, 5.74) is 0.542. The van der Waals surface area contributed by atoms with Gasteiger partial charge in [0.1, 0.15) is 0 Å². The first-order valence-corrected chi connectivity index (χ1v) is 6.19. The molecule has 2 unspecified atom stereocenters. The highest BCUT2D eigenvalue weighted by Crippen LogP contribution is 2.25. The summed E-state index contributed by atoms with van der Waals surface area (Å²) in [5, 5.41) is 6.83. The molecule has 0 radical (unpaired) electrons. The van der Waals surface area contributed by atoms with Crippen LogP contribution in [-0.4, -0.2) is 25.2 Å². The van der Waals surface area contributed by atoms with Crippen LogP contribution < -0.4 is 10.6 Å². The van der Waals surface area contributed by atoms with Crippen LogP contribution >= 0.6 is 0 Å². The van der Waals surface area contributed by atoms with Crippen molar-refractivity contribution in [2.45, 2.75) is 65.0 Å². The van der Waals surface area contributed by atoms with Crippen LogP contribution in [0.25, 0.3) is 0 Å². The smallest absolute Gasteiger partial charge is 0.0147 e. The van der Waals surface area contributed by atoms with Gasteiger partial charge in [-0.25, -0.2) is 0 Å². The molecule has 0 rings (SSSR count). The van der Waals surface area contributed by atoms with E-state index in [1.165, 1.54) is 19.3 Å². The minimum atomic E-state index is 0.238. The van der Waals surface area contributed by atoms with E-state index in [2.05, 4.69) is 52.3 Å². The minimum Gasteiger partial charge on any atom is -0.315 e. The second-order valence-corrected chi connectivity index (χ2v) is 5.58. The Kier molecular flexibility index (Phi) is 5.82. The molecule has 2 nitrogen and oxygen atoms in total. The van der Waals surface area contributed by atoms with Gasteiger partial charge in [-0.15, -0.1) is 0 Å². The van der Waals surface area contributed by atoms with Crippen molar-refractivity contribution in [3.05, 3.63) is 0 Å². The van der Waals surface area contributed by atoms with Crippen molar-refractivity contribution >= 4 is 0 Å². The first-order valence-electron chi connectivity index (χ1n) is 6.19. The van der Waals surface area contributed by atoms with Crippen LogP contribution in [0.5, 0.6) is 0 Å². The topological polar surface area (TPSA) is 24.1 Å². The summed E-state index contributed by atoms with van der Waals surface area (Å²) >= 11 is 0. The molecule has 0 fully saturated rings.